The highest BCUT2D eigenvalue weighted by Crippen LogP contribution is 2.36. The molecule has 1 atom stereocenters. The molecule has 2 aromatic heterocycles. The molecule has 2 fully saturated rings. The predicted molar refractivity (Wildman–Crippen MR) is 148 cm³/mol. The molecule has 7 nitrogen and oxygen atoms in total. The van der Waals surface area contributed by atoms with Gasteiger partial charge in [-0.1, -0.05) is 12.8 Å². The van der Waals surface area contributed by atoms with Crippen LogP contribution in [0.1, 0.15) is 47.9 Å². The predicted octanol–water partition coefficient (Wildman–Crippen LogP) is 5.48. The molecule has 4 aromatic rings. The van der Waals surface area contributed by atoms with Crippen molar-refractivity contribution in [1.29, 1.82) is 0 Å². The molecule has 1 aliphatic heterocycles. The first-order valence-corrected chi connectivity index (χ1v) is 15.5. The molecule has 1 saturated carbocycles. The number of hydrogen-bond donors (Lipinski definition) is 0. The van der Waals surface area contributed by atoms with Crippen molar-refractivity contribution < 1.29 is 12.8 Å². The molecule has 200 valence electrons. The van der Waals surface area contributed by atoms with Gasteiger partial charge in [0.2, 0.25) is 0 Å². The van der Waals surface area contributed by atoms with Crippen LogP contribution in [-0.2, 0) is 10.0 Å². The van der Waals surface area contributed by atoms with Crippen LogP contribution in [0.2, 0.25) is 0 Å². The molecule has 0 radical (unpaired) electrons. The van der Waals surface area contributed by atoms with Crippen molar-refractivity contribution in [3.63, 3.8) is 0 Å². The second-order valence-corrected chi connectivity index (χ2v) is 13.9. The monoisotopic (exact) mass is 553 g/mol. The quantitative estimate of drug-likeness (QED) is 0.316. The van der Waals surface area contributed by atoms with Gasteiger partial charge in [0.05, 0.1) is 28.6 Å². The number of fused-ring (bicyclic) bond motifs is 1. The Bertz CT molecular complexity index is 1560. The average molecular weight is 554 g/mol. The molecule has 0 amide bonds. The van der Waals surface area contributed by atoms with Crippen LogP contribution in [-0.4, -0.2) is 58.6 Å². The minimum atomic E-state index is -3.61. The third kappa shape index (κ3) is 4.79. The van der Waals surface area contributed by atoms with Crippen molar-refractivity contribution in [3.8, 4) is 5.69 Å². The van der Waals surface area contributed by atoms with Gasteiger partial charge < -0.3 is 0 Å². The van der Waals surface area contributed by atoms with Crippen molar-refractivity contribution in [1.82, 2.24) is 24.0 Å². The Labute approximate surface area is 227 Å². The number of aromatic nitrogens is 3. The molecule has 2 aliphatic rings. The van der Waals surface area contributed by atoms with Gasteiger partial charge in [-0.05, 0) is 80.1 Å². The van der Waals surface area contributed by atoms with E-state index in [1.54, 1.807) is 16.4 Å². The standard InChI is InChI=1S/C28H32FN5O2S2/c1-19-13-26-22(15-31-34(26)24-9-7-23(29)8-10-24)14-25(19)27-18-33(38(35,36)28-16-30-20(2)37-28)12-11-32(27)17-21-5-3-4-6-21/h7-10,13-16,21,27H,3-6,11-12,17-18H2,1-2H3/t27-/m1/s1. The lowest BCUT2D eigenvalue weighted by molar-refractivity contribution is 0.100. The third-order valence-electron chi connectivity index (χ3n) is 8.00. The maximum atomic E-state index is 13.5. The molecule has 38 heavy (non-hydrogen) atoms. The van der Waals surface area contributed by atoms with E-state index < -0.39 is 10.0 Å². The molecule has 0 unspecified atom stereocenters. The minimum absolute atomic E-state index is 0.0493. The molecule has 1 saturated heterocycles. The van der Waals surface area contributed by atoms with Crippen molar-refractivity contribution in [3.05, 3.63) is 70.7 Å². The van der Waals surface area contributed by atoms with Crippen LogP contribution >= 0.6 is 11.3 Å². The van der Waals surface area contributed by atoms with E-state index in [1.807, 2.05) is 17.8 Å². The number of piperazine rings is 1. The number of halogens is 1. The van der Waals surface area contributed by atoms with Gasteiger partial charge in [0, 0.05) is 37.6 Å². The molecule has 3 heterocycles. The van der Waals surface area contributed by atoms with Gasteiger partial charge in [-0.25, -0.2) is 22.5 Å². The first-order valence-electron chi connectivity index (χ1n) is 13.2. The van der Waals surface area contributed by atoms with E-state index in [1.165, 1.54) is 55.3 Å². The zero-order valence-electron chi connectivity index (χ0n) is 21.7. The largest absolute Gasteiger partial charge is 0.293 e. The summed E-state index contributed by atoms with van der Waals surface area (Å²) in [6, 6.07) is 10.6. The molecular formula is C28H32FN5O2S2. The van der Waals surface area contributed by atoms with Crippen molar-refractivity contribution in [2.75, 3.05) is 26.2 Å². The average Bonchev–Trinajstić information content (AvgIpc) is 3.66. The van der Waals surface area contributed by atoms with E-state index in [9.17, 15) is 12.8 Å². The van der Waals surface area contributed by atoms with E-state index in [0.29, 0.717) is 29.8 Å². The summed E-state index contributed by atoms with van der Waals surface area (Å²) in [5.74, 6) is 0.381. The molecular weight excluding hydrogens is 521 g/mol. The van der Waals surface area contributed by atoms with Crippen LogP contribution in [0.25, 0.3) is 16.6 Å². The van der Waals surface area contributed by atoms with Crippen molar-refractivity contribution in [2.45, 2.75) is 49.8 Å². The summed E-state index contributed by atoms with van der Waals surface area (Å²) in [5.41, 5.74) is 3.97. The first kappa shape index (κ1) is 25.6. The summed E-state index contributed by atoms with van der Waals surface area (Å²) in [7, 11) is -3.61. The Hall–Kier alpha value is -2.66. The van der Waals surface area contributed by atoms with E-state index >= 15 is 0 Å². The molecule has 0 bridgehead atoms. The number of sulfonamides is 1. The van der Waals surface area contributed by atoms with Gasteiger partial charge in [0.25, 0.3) is 10.0 Å². The van der Waals surface area contributed by atoms with Crippen LogP contribution in [0.4, 0.5) is 4.39 Å². The highest BCUT2D eigenvalue weighted by molar-refractivity contribution is 7.91. The number of thiazole rings is 1. The maximum Gasteiger partial charge on any atom is 0.254 e. The van der Waals surface area contributed by atoms with Gasteiger partial charge in [-0.2, -0.15) is 9.40 Å². The van der Waals surface area contributed by atoms with Gasteiger partial charge >= 0.3 is 0 Å². The number of hydrogen-bond acceptors (Lipinski definition) is 6. The number of rotatable bonds is 6. The SMILES string of the molecule is Cc1ncc(S(=O)(=O)N2CCN(CC3CCCC3)[C@@H](c3cc4cnn(-c5ccc(F)cc5)c4cc3C)C2)s1. The van der Waals surface area contributed by atoms with Crippen molar-refractivity contribution in [2.24, 2.45) is 5.92 Å². The molecule has 10 heteroatoms. The zero-order chi connectivity index (χ0) is 26.4. The van der Waals surface area contributed by atoms with E-state index in [0.717, 1.165) is 39.3 Å². The Balaban J connectivity index is 1.37. The van der Waals surface area contributed by atoms with E-state index in [-0.39, 0.29) is 11.9 Å². The summed E-state index contributed by atoms with van der Waals surface area (Å²) in [6.07, 6.45) is 8.36. The smallest absolute Gasteiger partial charge is 0.254 e. The number of benzene rings is 2. The highest BCUT2D eigenvalue weighted by Gasteiger charge is 2.37. The summed E-state index contributed by atoms with van der Waals surface area (Å²) in [5, 5.41) is 6.32. The Kier molecular flexibility index (Phi) is 6.84. The summed E-state index contributed by atoms with van der Waals surface area (Å²) < 4.78 is 44.4. The van der Waals surface area contributed by atoms with Gasteiger partial charge in [0.15, 0.2) is 4.21 Å². The Morgan fingerprint density at radius 1 is 1.05 bits per heavy atom. The fourth-order valence-corrected chi connectivity index (χ4v) is 8.68. The Morgan fingerprint density at radius 3 is 2.53 bits per heavy atom. The van der Waals surface area contributed by atoms with Gasteiger partial charge in [-0.3, -0.25) is 4.90 Å². The second-order valence-electron chi connectivity index (χ2n) is 10.5. The van der Waals surface area contributed by atoms with Crippen LogP contribution in [0.3, 0.4) is 0 Å². The van der Waals surface area contributed by atoms with Crippen LogP contribution in [0.5, 0.6) is 0 Å². The third-order valence-corrected chi connectivity index (χ3v) is 11.2. The van der Waals surface area contributed by atoms with Crippen LogP contribution < -0.4 is 0 Å². The molecule has 1 aliphatic carbocycles. The summed E-state index contributed by atoms with van der Waals surface area (Å²) in [6.45, 7) is 6.49. The van der Waals surface area contributed by atoms with Gasteiger partial charge in [0.1, 0.15) is 5.82 Å². The highest BCUT2D eigenvalue weighted by atomic mass is 32.2. The summed E-state index contributed by atoms with van der Waals surface area (Å²) in [4.78, 5) is 6.69. The number of nitrogens with zero attached hydrogens (tertiary/aromatic N) is 5. The lowest BCUT2D eigenvalue weighted by Gasteiger charge is -2.42. The molecule has 0 spiro atoms. The minimum Gasteiger partial charge on any atom is -0.293 e. The maximum absolute atomic E-state index is 13.5. The summed E-state index contributed by atoms with van der Waals surface area (Å²) >= 11 is 1.23. The molecule has 6 rings (SSSR count). The topological polar surface area (TPSA) is 71.3 Å². The number of aryl methyl sites for hydroxylation is 2. The van der Waals surface area contributed by atoms with Crippen LogP contribution in [0.15, 0.2) is 53.0 Å². The van der Waals surface area contributed by atoms with Crippen LogP contribution in [0, 0.1) is 25.6 Å². The fraction of sp³-hybridized carbons (Fsp3) is 0.429. The van der Waals surface area contributed by atoms with Gasteiger partial charge in [-0.15, -0.1) is 11.3 Å². The normalized spacial score (nSPS) is 20.0. The first-order chi connectivity index (χ1) is 18.3. The second kappa shape index (κ2) is 10.1. The lowest BCUT2D eigenvalue weighted by Crippen LogP contribution is -2.51. The Morgan fingerprint density at radius 2 is 1.82 bits per heavy atom. The van der Waals surface area contributed by atoms with E-state index in [4.69, 9.17) is 0 Å². The van der Waals surface area contributed by atoms with Crippen molar-refractivity contribution >= 4 is 32.3 Å². The lowest BCUT2D eigenvalue weighted by atomic mass is 9.95. The molecule has 0 N–H and O–H groups in total. The zero-order valence-corrected chi connectivity index (χ0v) is 23.3. The fourth-order valence-electron chi connectivity index (χ4n) is 5.98. The van der Waals surface area contributed by atoms with E-state index in [2.05, 4.69) is 34.0 Å². The molecule has 2 aromatic carbocycles.